The zero-order valence-corrected chi connectivity index (χ0v) is 33.8. The Kier molecular flexibility index (Phi) is 33.9. The van der Waals surface area contributed by atoms with Crippen LogP contribution in [0.3, 0.4) is 0 Å². The van der Waals surface area contributed by atoms with Crippen LogP contribution in [0.1, 0.15) is 206 Å². The first kappa shape index (κ1) is 49.2. The van der Waals surface area contributed by atoms with Gasteiger partial charge in [-0.15, -0.1) is 0 Å². The predicted molar refractivity (Wildman–Crippen MR) is 210 cm³/mol. The number of unbranched alkanes of at least 4 members (excludes halogenated alkanes) is 27. The van der Waals surface area contributed by atoms with Crippen molar-refractivity contribution in [1.82, 2.24) is 0 Å². The molecule has 6 unspecified atom stereocenters. The van der Waals surface area contributed by atoms with Crippen LogP contribution in [0, 0.1) is 0 Å². The van der Waals surface area contributed by atoms with E-state index in [1.165, 1.54) is 154 Å². The Hall–Kier alpha value is -0.810. The Labute approximate surface area is 319 Å². The highest BCUT2D eigenvalue weighted by Gasteiger charge is 2.44. The summed E-state index contributed by atoms with van der Waals surface area (Å²) >= 11 is 0. The van der Waals surface area contributed by atoms with Crippen LogP contribution in [0.2, 0.25) is 0 Å². The third-order valence-corrected chi connectivity index (χ3v) is 10.5. The summed E-state index contributed by atoms with van der Waals surface area (Å²) in [5, 5.41) is 39.7. The summed E-state index contributed by atoms with van der Waals surface area (Å²) < 4.78 is 22.5. The molecule has 0 amide bonds. The van der Waals surface area contributed by atoms with Gasteiger partial charge in [-0.05, 0) is 12.8 Å². The van der Waals surface area contributed by atoms with E-state index in [4.69, 9.17) is 18.9 Å². The van der Waals surface area contributed by atoms with Crippen LogP contribution >= 0.6 is 0 Å². The summed E-state index contributed by atoms with van der Waals surface area (Å²) in [7, 11) is 0. The molecule has 1 fully saturated rings. The van der Waals surface area contributed by atoms with Gasteiger partial charge >= 0.3 is 5.97 Å². The van der Waals surface area contributed by atoms with Gasteiger partial charge in [0.2, 0.25) is 0 Å². The second-order valence-electron chi connectivity index (χ2n) is 15.5. The van der Waals surface area contributed by atoms with E-state index >= 15 is 0 Å². The molecule has 0 radical (unpaired) electrons. The van der Waals surface area contributed by atoms with Gasteiger partial charge in [0.05, 0.1) is 19.8 Å². The van der Waals surface area contributed by atoms with E-state index in [0.717, 1.165) is 32.1 Å². The molecule has 0 aromatic rings. The molecular formula is C43H84O9. The second-order valence-corrected chi connectivity index (χ2v) is 15.5. The maximum Gasteiger partial charge on any atom is 0.306 e. The van der Waals surface area contributed by atoms with Gasteiger partial charge in [0, 0.05) is 13.0 Å². The maximum atomic E-state index is 12.4. The van der Waals surface area contributed by atoms with Crippen molar-refractivity contribution >= 4 is 5.97 Å². The number of ether oxygens (including phenoxy) is 4. The molecule has 0 saturated carbocycles. The van der Waals surface area contributed by atoms with Crippen LogP contribution in [-0.4, -0.2) is 89.6 Å². The molecular weight excluding hydrogens is 660 g/mol. The average Bonchev–Trinajstić information content (AvgIpc) is 3.14. The lowest BCUT2D eigenvalue weighted by Crippen LogP contribution is -2.59. The molecule has 52 heavy (non-hydrogen) atoms. The summed E-state index contributed by atoms with van der Waals surface area (Å²) in [6, 6.07) is 0. The van der Waals surface area contributed by atoms with Crippen molar-refractivity contribution in [3.63, 3.8) is 0 Å². The van der Waals surface area contributed by atoms with Crippen molar-refractivity contribution in [1.29, 1.82) is 0 Å². The topological polar surface area (TPSA) is 135 Å². The minimum Gasteiger partial charge on any atom is -0.457 e. The Morgan fingerprint density at radius 2 is 0.942 bits per heavy atom. The molecule has 6 atom stereocenters. The highest BCUT2D eigenvalue weighted by atomic mass is 16.7. The normalized spacial score (nSPS) is 21.1. The Bertz CT molecular complexity index is 767. The van der Waals surface area contributed by atoms with Gasteiger partial charge in [0.1, 0.15) is 30.5 Å². The van der Waals surface area contributed by atoms with Crippen molar-refractivity contribution in [2.24, 2.45) is 0 Å². The number of carbonyl (C=O) groups excluding carboxylic acids is 1. The van der Waals surface area contributed by atoms with Crippen molar-refractivity contribution in [3.8, 4) is 0 Å². The fraction of sp³-hybridized carbons (Fsp3) is 0.977. The second kappa shape index (κ2) is 35.9. The van der Waals surface area contributed by atoms with Gasteiger partial charge in [-0.3, -0.25) is 4.79 Å². The number of esters is 1. The van der Waals surface area contributed by atoms with E-state index in [9.17, 15) is 25.2 Å². The largest absolute Gasteiger partial charge is 0.457 e. The summed E-state index contributed by atoms with van der Waals surface area (Å²) in [5.41, 5.74) is 0. The van der Waals surface area contributed by atoms with Crippen LogP contribution in [0.15, 0.2) is 0 Å². The monoisotopic (exact) mass is 745 g/mol. The van der Waals surface area contributed by atoms with Crippen molar-refractivity contribution in [3.05, 3.63) is 0 Å². The minimum atomic E-state index is -1.53. The van der Waals surface area contributed by atoms with Crippen LogP contribution in [0.5, 0.6) is 0 Å². The predicted octanol–water partition coefficient (Wildman–Crippen LogP) is 9.47. The van der Waals surface area contributed by atoms with Crippen LogP contribution in [-0.2, 0) is 23.7 Å². The lowest BCUT2D eigenvalue weighted by molar-refractivity contribution is -0.305. The summed E-state index contributed by atoms with van der Waals surface area (Å²) in [6.07, 6.45) is 31.0. The third-order valence-electron chi connectivity index (χ3n) is 10.5. The molecule has 0 spiro atoms. The van der Waals surface area contributed by atoms with Gasteiger partial charge in [-0.2, -0.15) is 0 Å². The number of hydrogen-bond acceptors (Lipinski definition) is 9. The van der Waals surface area contributed by atoms with Crippen molar-refractivity contribution in [2.75, 3.05) is 26.4 Å². The average molecular weight is 745 g/mol. The number of carbonyl (C=O) groups is 1. The third kappa shape index (κ3) is 26.9. The minimum absolute atomic E-state index is 0.109. The van der Waals surface area contributed by atoms with Gasteiger partial charge in [-0.1, -0.05) is 187 Å². The van der Waals surface area contributed by atoms with Crippen molar-refractivity contribution in [2.45, 2.75) is 243 Å². The van der Waals surface area contributed by atoms with Crippen LogP contribution in [0.25, 0.3) is 0 Å². The van der Waals surface area contributed by atoms with Crippen LogP contribution in [0.4, 0.5) is 0 Å². The molecule has 1 aliphatic heterocycles. The molecule has 1 rings (SSSR count). The van der Waals surface area contributed by atoms with E-state index in [2.05, 4.69) is 13.8 Å². The fourth-order valence-electron chi connectivity index (χ4n) is 7.02. The number of hydrogen-bond donors (Lipinski definition) is 4. The zero-order valence-electron chi connectivity index (χ0n) is 33.8. The van der Waals surface area contributed by atoms with Gasteiger partial charge in [-0.25, -0.2) is 0 Å². The Morgan fingerprint density at radius 1 is 0.538 bits per heavy atom. The molecule has 0 aromatic heterocycles. The first-order chi connectivity index (χ1) is 25.4. The Balaban J connectivity index is 1.98. The highest BCUT2D eigenvalue weighted by molar-refractivity contribution is 5.69. The molecule has 1 heterocycles. The molecule has 0 bridgehead atoms. The quantitative estimate of drug-likeness (QED) is 0.0360. The highest BCUT2D eigenvalue weighted by Crippen LogP contribution is 2.23. The van der Waals surface area contributed by atoms with Gasteiger partial charge in [0.25, 0.3) is 0 Å². The SMILES string of the molecule is CCCCCCCCCCCCCCCCCCCCCCCCCCCCOCC(COC1OC(CO)C(O)C(O)C1O)OC(=O)CCCCC. The molecule has 0 aromatic carbocycles. The zero-order chi connectivity index (χ0) is 37.9. The first-order valence-corrected chi connectivity index (χ1v) is 22.1. The fourth-order valence-corrected chi connectivity index (χ4v) is 7.02. The van der Waals surface area contributed by atoms with E-state index in [-0.39, 0.29) is 19.2 Å². The molecule has 1 saturated heterocycles. The summed E-state index contributed by atoms with van der Waals surface area (Å²) in [4.78, 5) is 12.4. The maximum absolute atomic E-state index is 12.4. The van der Waals surface area contributed by atoms with Gasteiger partial charge in [0.15, 0.2) is 6.29 Å². The number of rotatable bonds is 38. The standard InChI is InChI=1S/C43H84O9/c1-3-5-7-8-9-10-11-12-13-14-15-16-17-18-19-20-21-22-23-24-25-26-27-28-29-31-33-49-35-37(51-39(45)32-30-6-4-2)36-50-43-42(48)41(47)40(46)38(34-44)52-43/h37-38,40-44,46-48H,3-36H2,1-2H3. The number of aliphatic hydroxyl groups is 4. The first-order valence-electron chi connectivity index (χ1n) is 22.1. The van der Waals surface area contributed by atoms with E-state index in [1.807, 2.05) is 0 Å². The lowest BCUT2D eigenvalue weighted by atomic mass is 9.99. The molecule has 0 aliphatic carbocycles. The smallest absolute Gasteiger partial charge is 0.306 e. The van der Waals surface area contributed by atoms with E-state index in [0.29, 0.717) is 13.0 Å². The molecule has 9 nitrogen and oxygen atoms in total. The number of aliphatic hydroxyl groups excluding tert-OH is 4. The summed E-state index contributed by atoms with van der Waals surface area (Å²) in [5.74, 6) is -0.334. The van der Waals surface area contributed by atoms with Gasteiger partial charge < -0.3 is 39.4 Å². The molecule has 1 aliphatic rings. The molecule has 9 heteroatoms. The molecule has 310 valence electrons. The lowest BCUT2D eigenvalue weighted by Gasteiger charge is -2.39. The summed E-state index contributed by atoms with van der Waals surface area (Å²) in [6.45, 7) is 4.42. The van der Waals surface area contributed by atoms with E-state index in [1.54, 1.807) is 0 Å². The van der Waals surface area contributed by atoms with Crippen molar-refractivity contribution < 1.29 is 44.2 Å². The van der Waals surface area contributed by atoms with E-state index < -0.39 is 43.4 Å². The molecule has 4 N–H and O–H groups in total. The Morgan fingerprint density at radius 3 is 1.37 bits per heavy atom. The van der Waals surface area contributed by atoms with Crippen LogP contribution < -0.4 is 0 Å².